The Balaban J connectivity index is 0.000000500. The second kappa shape index (κ2) is 32.4. The van der Waals surface area contributed by atoms with Crippen LogP contribution in [0.1, 0.15) is 187 Å². The second-order valence-corrected chi connectivity index (χ2v) is 15.6. The number of carboxylic acids is 1. The number of carboxylic acid groups (broad SMARTS) is 1. The molecule has 0 bridgehead atoms. The average Bonchev–Trinajstić information content (AvgIpc) is 3.13. The second-order valence-electron chi connectivity index (χ2n) is 15.6. The Hall–Kier alpha value is -1.22. The number of nitrogens with one attached hydrogen (secondary N) is 2. The number of carbonyl (C=O) groups is 2. The summed E-state index contributed by atoms with van der Waals surface area (Å²) in [7, 11) is 0. The van der Waals surface area contributed by atoms with E-state index < -0.39 is 11.4 Å². The predicted molar refractivity (Wildman–Crippen MR) is 207 cm³/mol. The van der Waals surface area contributed by atoms with Gasteiger partial charge in [-0.05, 0) is 102 Å². The van der Waals surface area contributed by atoms with Crippen molar-refractivity contribution in [2.24, 2.45) is 23.2 Å². The molecule has 0 saturated heterocycles. The zero-order valence-electron chi connectivity index (χ0n) is 32.8. The fourth-order valence-corrected chi connectivity index (χ4v) is 7.97. The summed E-state index contributed by atoms with van der Waals surface area (Å²) in [6.45, 7) is 8.83. The normalized spacial score (nSPS) is 22.1. The molecule has 2 rings (SSSR count). The number of ether oxygens (including phenoxy) is 1. The molecule has 0 unspecified atom stereocenters. The number of esters is 1. The molecule has 0 amide bonds. The van der Waals surface area contributed by atoms with Crippen molar-refractivity contribution in [3.63, 3.8) is 0 Å². The van der Waals surface area contributed by atoms with Gasteiger partial charge in [0, 0.05) is 13.1 Å². The van der Waals surface area contributed by atoms with Crippen LogP contribution in [0.5, 0.6) is 0 Å². The topological polar surface area (TPSA) is 128 Å². The first kappa shape index (κ1) is 46.8. The summed E-state index contributed by atoms with van der Waals surface area (Å²) in [4.78, 5) is 24.0. The van der Waals surface area contributed by atoms with Crippen LogP contribution in [0.3, 0.4) is 0 Å². The molecule has 2 saturated carbocycles. The number of carbonyl (C=O) groups excluding carboxylic acids is 1. The molecule has 0 heterocycles. The summed E-state index contributed by atoms with van der Waals surface area (Å²) in [5, 5.41) is 33.5. The van der Waals surface area contributed by atoms with Crippen molar-refractivity contribution in [3.05, 3.63) is 0 Å². The number of unbranched alkanes of at least 4 members (excludes halogenated alkanes) is 12. The van der Waals surface area contributed by atoms with Gasteiger partial charge in [-0.3, -0.25) is 9.59 Å². The van der Waals surface area contributed by atoms with Crippen LogP contribution in [0.4, 0.5) is 0 Å². The van der Waals surface area contributed by atoms with Crippen molar-refractivity contribution >= 4 is 11.9 Å². The molecule has 2 fully saturated rings. The maximum atomic E-state index is 12.1. The Bertz CT molecular complexity index is 778. The van der Waals surface area contributed by atoms with Crippen LogP contribution in [0, 0.1) is 23.2 Å². The van der Waals surface area contributed by atoms with E-state index in [0.717, 1.165) is 108 Å². The smallest absolute Gasteiger partial charge is 0.309 e. The van der Waals surface area contributed by atoms with Crippen molar-refractivity contribution in [2.45, 2.75) is 187 Å². The van der Waals surface area contributed by atoms with E-state index in [1.807, 2.05) is 0 Å². The van der Waals surface area contributed by atoms with Crippen LogP contribution in [-0.4, -0.2) is 73.3 Å². The molecule has 0 aromatic heterocycles. The van der Waals surface area contributed by atoms with Crippen molar-refractivity contribution < 1.29 is 29.6 Å². The Morgan fingerprint density at radius 2 is 1.08 bits per heavy atom. The lowest BCUT2D eigenvalue weighted by molar-refractivity contribution is -0.152. The molecule has 0 aromatic carbocycles. The van der Waals surface area contributed by atoms with Gasteiger partial charge < -0.3 is 30.7 Å². The Kier molecular flexibility index (Phi) is 30.4. The van der Waals surface area contributed by atoms with E-state index in [1.165, 1.54) is 89.9 Å². The highest BCUT2D eigenvalue weighted by molar-refractivity contribution is 5.74. The minimum atomic E-state index is -0.548. The maximum Gasteiger partial charge on any atom is 0.309 e. The van der Waals surface area contributed by atoms with Crippen LogP contribution in [0.25, 0.3) is 0 Å². The third-order valence-electron chi connectivity index (χ3n) is 11.5. The molecular weight excluding hydrogens is 628 g/mol. The molecule has 8 heteroatoms. The summed E-state index contributed by atoms with van der Waals surface area (Å²) in [6, 6.07) is 0. The number of hydrogen-bond donors (Lipinski definition) is 5. The minimum absolute atomic E-state index is 0.0558. The van der Waals surface area contributed by atoms with Gasteiger partial charge in [0.2, 0.25) is 0 Å². The Morgan fingerprint density at radius 3 is 1.58 bits per heavy atom. The Morgan fingerprint density at radius 1 is 0.600 bits per heavy atom. The molecular formula is C42H82N2O6. The molecule has 0 spiro atoms. The minimum Gasteiger partial charge on any atom is -0.481 e. The molecule has 2 aliphatic rings. The van der Waals surface area contributed by atoms with Gasteiger partial charge in [0.25, 0.3) is 0 Å². The summed E-state index contributed by atoms with van der Waals surface area (Å²) >= 11 is 0. The average molecular weight is 711 g/mol. The Labute approximate surface area is 308 Å². The summed E-state index contributed by atoms with van der Waals surface area (Å²) in [5.41, 5.74) is -0.427. The lowest BCUT2D eigenvalue weighted by Crippen LogP contribution is -2.35. The zero-order valence-corrected chi connectivity index (χ0v) is 32.8. The summed E-state index contributed by atoms with van der Waals surface area (Å²) in [6.07, 6.45) is 31.3. The highest BCUT2D eigenvalue weighted by Crippen LogP contribution is 2.44. The van der Waals surface area contributed by atoms with Crippen LogP contribution < -0.4 is 10.6 Å². The molecule has 50 heavy (non-hydrogen) atoms. The van der Waals surface area contributed by atoms with Gasteiger partial charge in [0.1, 0.15) is 0 Å². The quantitative estimate of drug-likeness (QED) is 0.0369. The van der Waals surface area contributed by atoms with E-state index in [1.54, 1.807) is 0 Å². The molecule has 5 N–H and O–H groups in total. The molecule has 2 aliphatic carbocycles. The first-order chi connectivity index (χ1) is 24.4. The molecule has 296 valence electrons. The fourth-order valence-electron chi connectivity index (χ4n) is 7.97. The predicted octanol–water partition coefficient (Wildman–Crippen LogP) is 9.20. The van der Waals surface area contributed by atoms with Crippen LogP contribution in [0.2, 0.25) is 0 Å². The maximum absolute atomic E-state index is 12.1. The molecule has 8 nitrogen and oxygen atoms in total. The first-order valence-electron chi connectivity index (χ1n) is 21.5. The van der Waals surface area contributed by atoms with Crippen molar-refractivity contribution in [1.29, 1.82) is 0 Å². The molecule has 0 atom stereocenters. The van der Waals surface area contributed by atoms with Crippen molar-refractivity contribution in [1.82, 2.24) is 10.6 Å². The lowest BCUT2D eigenvalue weighted by Gasteiger charge is -2.37. The van der Waals surface area contributed by atoms with Gasteiger partial charge in [-0.2, -0.15) is 0 Å². The largest absolute Gasteiger partial charge is 0.481 e. The van der Waals surface area contributed by atoms with Crippen molar-refractivity contribution in [2.75, 3.05) is 46.0 Å². The zero-order chi connectivity index (χ0) is 36.5. The SMILES string of the molecule is CCCCCC1CCC(C(=O)OCCCCCCCNCCO)CC1.CCCCCC1CCC(CCCCCCCNCCO)(C(=O)O)CC1. The van der Waals surface area contributed by atoms with E-state index in [2.05, 4.69) is 24.5 Å². The fraction of sp³-hybridized carbons (Fsp3) is 0.952. The van der Waals surface area contributed by atoms with Gasteiger partial charge in [-0.1, -0.05) is 110 Å². The molecule has 0 radical (unpaired) electrons. The molecule has 0 aliphatic heterocycles. The monoisotopic (exact) mass is 711 g/mol. The standard InChI is InChI=1S/2C21H41NO3/c1-2-3-7-10-19-11-13-20(14-12-19)21(24)25-18-9-6-4-5-8-15-22-16-17-23;1-2-3-7-10-19-11-14-21(15-12-19,20(24)25)13-8-5-4-6-9-16-22-17-18-23/h19-20,22-23H,2-18H2,1H3;19,22-23H,2-18H2,1H3,(H,24,25). The van der Waals surface area contributed by atoms with E-state index >= 15 is 0 Å². The first-order valence-corrected chi connectivity index (χ1v) is 21.5. The third-order valence-corrected chi connectivity index (χ3v) is 11.5. The molecule has 0 aromatic rings. The number of aliphatic hydroxyl groups excluding tert-OH is 2. The van der Waals surface area contributed by atoms with Crippen LogP contribution in [-0.2, 0) is 14.3 Å². The van der Waals surface area contributed by atoms with Gasteiger partial charge >= 0.3 is 11.9 Å². The van der Waals surface area contributed by atoms with Gasteiger partial charge in [-0.25, -0.2) is 0 Å². The van der Waals surface area contributed by atoms with E-state index in [0.29, 0.717) is 19.7 Å². The lowest BCUT2D eigenvalue weighted by atomic mass is 9.67. The van der Waals surface area contributed by atoms with Crippen LogP contribution in [0.15, 0.2) is 0 Å². The van der Waals surface area contributed by atoms with Gasteiger partial charge in [0.15, 0.2) is 0 Å². The van der Waals surface area contributed by atoms with E-state index in [9.17, 15) is 14.7 Å². The number of aliphatic hydroxyl groups is 2. The van der Waals surface area contributed by atoms with E-state index in [-0.39, 0.29) is 25.1 Å². The number of aliphatic carboxylic acids is 1. The highest BCUT2D eigenvalue weighted by atomic mass is 16.5. The van der Waals surface area contributed by atoms with E-state index in [4.69, 9.17) is 14.9 Å². The van der Waals surface area contributed by atoms with Crippen LogP contribution >= 0.6 is 0 Å². The number of hydrogen-bond acceptors (Lipinski definition) is 7. The van der Waals surface area contributed by atoms with Gasteiger partial charge in [-0.15, -0.1) is 0 Å². The third kappa shape index (κ3) is 23.4. The highest BCUT2D eigenvalue weighted by Gasteiger charge is 2.41. The van der Waals surface area contributed by atoms with Crippen molar-refractivity contribution in [3.8, 4) is 0 Å². The number of rotatable bonds is 30. The summed E-state index contributed by atoms with van der Waals surface area (Å²) in [5.74, 6) is 1.29. The van der Waals surface area contributed by atoms with Gasteiger partial charge in [0.05, 0.1) is 31.2 Å². The summed E-state index contributed by atoms with van der Waals surface area (Å²) < 4.78 is 5.50.